The molecule has 2 heterocycles. The van der Waals surface area contributed by atoms with Crippen LogP contribution in [0.25, 0.3) is 10.9 Å². The Labute approximate surface area is 166 Å². The highest BCUT2D eigenvalue weighted by Crippen LogP contribution is 2.30. The minimum absolute atomic E-state index is 0.0707. The van der Waals surface area contributed by atoms with Crippen LogP contribution < -0.4 is 10.2 Å². The third-order valence-corrected chi connectivity index (χ3v) is 5.61. The molecule has 0 unspecified atom stereocenters. The molecule has 4 rings (SSSR count). The van der Waals surface area contributed by atoms with E-state index in [4.69, 9.17) is 4.98 Å². The highest BCUT2D eigenvalue weighted by atomic mass is 16.1. The molecule has 1 aromatic heterocycles. The second kappa shape index (κ2) is 8.01. The molecule has 4 nitrogen and oxygen atoms in total. The predicted octanol–water partition coefficient (Wildman–Crippen LogP) is 5.35. The van der Waals surface area contributed by atoms with Crippen molar-refractivity contribution in [3.63, 3.8) is 0 Å². The lowest BCUT2D eigenvalue weighted by Crippen LogP contribution is -2.31. The van der Waals surface area contributed by atoms with Gasteiger partial charge in [-0.05, 0) is 56.4 Å². The van der Waals surface area contributed by atoms with Gasteiger partial charge in [0.15, 0.2) is 0 Å². The number of fused-ring (bicyclic) bond motifs is 1. The van der Waals surface area contributed by atoms with E-state index in [1.165, 1.54) is 24.8 Å². The molecule has 0 aliphatic carbocycles. The largest absolute Gasteiger partial charge is 0.356 e. The summed E-state index contributed by atoms with van der Waals surface area (Å²) in [6, 6.07) is 16.0. The van der Waals surface area contributed by atoms with Crippen LogP contribution in [-0.2, 0) is 6.42 Å². The number of benzene rings is 2. The van der Waals surface area contributed by atoms with Crippen LogP contribution in [0.15, 0.2) is 48.5 Å². The minimum atomic E-state index is -0.0707. The van der Waals surface area contributed by atoms with Crippen molar-refractivity contribution in [2.45, 2.75) is 39.5 Å². The van der Waals surface area contributed by atoms with Gasteiger partial charge in [0.05, 0.1) is 11.1 Å². The van der Waals surface area contributed by atoms with Crippen molar-refractivity contribution < 1.29 is 4.79 Å². The number of anilines is 2. The standard InChI is InChI=1S/C24H27N3O/c1-3-18-11-13-19(14-12-18)25-24(28)22-17(2)23(27-15-7-4-8-16-27)26-21-10-6-5-9-20(21)22/h5-6,9-14H,3-4,7-8,15-16H2,1-2H3,(H,25,28). The van der Waals surface area contributed by atoms with Gasteiger partial charge in [0.2, 0.25) is 0 Å². The van der Waals surface area contributed by atoms with E-state index < -0.39 is 0 Å². The molecule has 2 aromatic carbocycles. The lowest BCUT2D eigenvalue weighted by molar-refractivity contribution is 0.102. The molecule has 28 heavy (non-hydrogen) atoms. The van der Waals surface area contributed by atoms with E-state index in [-0.39, 0.29) is 5.91 Å². The molecule has 1 aliphatic rings. The zero-order valence-corrected chi connectivity index (χ0v) is 16.7. The number of hydrogen-bond donors (Lipinski definition) is 1. The number of hydrogen-bond acceptors (Lipinski definition) is 3. The maximum Gasteiger partial charge on any atom is 0.256 e. The third-order valence-electron chi connectivity index (χ3n) is 5.61. The van der Waals surface area contributed by atoms with Gasteiger partial charge in [0.25, 0.3) is 5.91 Å². The second-order valence-corrected chi connectivity index (χ2v) is 7.50. The summed E-state index contributed by atoms with van der Waals surface area (Å²) in [7, 11) is 0. The number of para-hydroxylation sites is 1. The Morgan fingerprint density at radius 3 is 2.46 bits per heavy atom. The Morgan fingerprint density at radius 1 is 1.04 bits per heavy atom. The number of nitrogens with one attached hydrogen (secondary N) is 1. The van der Waals surface area contributed by atoms with Crippen molar-refractivity contribution in [3.8, 4) is 0 Å². The molecular formula is C24H27N3O. The van der Waals surface area contributed by atoms with Gasteiger partial charge >= 0.3 is 0 Å². The second-order valence-electron chi connectivity index (χ2n) is 7.50. The topological polar surface area (TPSA) is 45.2 Å². The number of aryl methyl sites for hydroxylation is 1. The zero-order chi connectivity index (χ0) is 19.5. The van der Waals surface area contributed by atoms with Crippen LogP contribution in [0, 0.1) is 6.92 Å². The fourth-order valence-corrected chi connectivity index (χ4v) is 4.02. The number of rotatable bonds is 4. The number of piperidine rings is 1. The van der Waals surface area contributed by atoms with Crippen molar-refractivity contribution in [1.29, 1.82) is 0 Å². The van der Waals surface area contributed by atoms with E-state index in [0.29, 0.717) is 0 Å². The SMILES string of the molecule is CCc1ccc(NC(=O)c2c(C)c(N3CCCCC3)nc3ccccc23)cc1. The molecule has 0 spiro atoms. The first-order valence-corrected chi connectivity index (χ1v) is 10.2. The summed E-state index contributed by atoms with van der Waals surface area (Å²) < 4.78 is 0. The van der Waals surface area contributed by atoms with E-state index in [9.17, 15) is 4.79 Å². The van der Waals surface area contributed by atoms with Gasteiger partial charge in [-0.2, -0.15) is 0 Å². The summed E-state index contributed by atoms with van der Waals surface area (Å²) in [6.45, 7) is 6.16. The minimum Gasteiger partial charge on any atom is -0.356 e. The summed E-state index contributed by atoms with van der Waals surface area (Å²) in [6.07, 6.45) is 4.62. The molecule has 1 N–H and O–H groups in total. The molecule has 0 atom stereocenters. The number of carbonyl (C=O) groups excluding carboxylic acids is 1. The van der Waals surface area contributed by atoms with Crippen LogP contribution in [0.5, 0.6) is 0 Å². The van der Waals surface area contributed by atoms with Crippen LogP contribution in [0.1, 0.15) is 47.7 Å². The number of amides is 1. The fraction of sp³-hybridized carbons (Fsp3) is 0.333. The average Bonchev–Trinajstić information content (AvgIpc) is 2.74. The molecule has 0 radical (unpaired) electrons. The van der Waals surface area contributed by atoms with Gasteiger partial charge in [-0.25, -0.2) is 4.98 Å². The van der Waals surface area contributed by atoms with Crippen LogP contribution in [0.2, 0.25) is 0 Å². The lowest BCUT2D eigenvalue weighted by atomic mass is 10.0. The number of aromatic nitrogens is 1. The first-order chi connectivity index (χ1) is 13.7. The van der Waals surface area contributed by atoms with E-state index in [1.54, 1.807) is 0 Å². The van der Waals surface area contributed by atoms with E-state index >= 15 is 0 Å². The third kappa shape index (κ3) is 3.59. The summed E-state index contributed by atoms with van der Waals surface area (Å²) in [5, 5.41) is 3.99. The van der Waals surface area contributed by atoms with Crippen molar-refractivity contribution >= 4 is 28.3 Å². The highest BCUT2D eigenvalue weighted by molar-refractivity contribution is 6.14. The maximum atomic E-state index is 13.3. The smallest absolute Gasteiger partial charge is 0.256 e. The first-order valence-electron chi connectivity index (χ1n) is 10.2. The summed E-state index contributed by atoms with van der Waals surface area (Å²) in [5.74, 6) is 0.878. The predicted molar refractivity (Wildman–Crippen MR) is 116 cm³/mol. The van der Waals surface area contributed by atoms with Crippen LogP contribution >= 0.6 is 0 Å². The normalized spacial score (nSPS) is 14.3. The lowest BCUT2D eigenvalue weighted by Gasteiger charge is -2.30. The Hall–Kier alpha value is -2.88. The van der Waals surface area contributed by atoms with Crippen LogP contribution in [0.3, 0.4) is 0 Å². The van der Waals surface area contributed by atoms with Gasteiger partial charge in [-0.15, -0.1) is 0 Å². The van der Waals surface area contributed by atoms with Gasteiger partial charge in [0.1, 0.15) is 5.82 Å². The molecule has 1 amide bonds. The van der Waals surface area contributed by atoms with Gasteiger partial charge in [0, 0.05) is 29.7 Å². The fourth-order valence-electron chi connectivity index (χ4n) is 4.02. The molecule has 1 saturated heterocycles. The summed E-state index contributed by atoms with van der Waals surface area (Å²) >= 11 is 0. The van der Waals surface area contributed by atoms with Crippen molar-refractivity contribution in [2.24, 2.45) is 0 Å². The molecular weight excluding hydrogens is 346 g/mol. The molecule has 1 aliphatic heterocycles. The molecule has 3 aromatic rings. The highest BCUT2D eigenvalue weighted by Gasteiger charge is 2.22. The van der Waals surface area contributed by atoms with E-state index in [2.05, 4.69) is 29.3 Å². The summed E-state index contributed by atoms with van der Waals surface area (Å²) in [5.41, 5.74) is 4.65. The quantitative estimate of drug-likeness (QED) is 0.671. The first kappa shape index (κ1) is 18.5. The number of pyridine rings is 1. The Morgan fingerprint density at radius 2 is 1.75 bits per heavy atom. The Balaban J connectivity index is 1.75. The molecule has 1 fully saturated rings. The van der Waals surface area contributed by atoms with Crippen molar-refractivity contribution in [1.82, 2.24) is 4.98 Å². The van der Waals surface area contributed by atoms with Gasteiger partial charge in [-0.3, -0.25) is 4.79 Å². The van der Waals surface area contributed by atoms with Crippen molar-refractivity contribution in [3.05, 3.63) is 65.2 Å². The monoisotopic (exact) mass is 373 g/mol. The number of nitrogens with zero attached hydrogens (tertiary/aromatic N) is 2. The summed E-state index contributed by atoms with van der Waals surface area (Å²) in [4.78, 5) is 20.5. The Bertz CT molecular complexity index is 989. The molecule has 0 bridgehead atoms. The van der Waals surface area contributed by atoms with E-state index in [0.717, 1.165) is 53.0 Å². The van der Waals surface area contributed by atoms with Crippen LogP contribution in [0.4, 0.5) is 11.5 Å². The number of carbonyl (C=O) groups is 1. The van der Waals surface area contributed by atoms with Gasteiger partial charge < -0.3 is 10.2 Å². The Kier molecular flexibility index (Phi) is 5.29. The van der Waals surface area contributed by atoms with E-state index in [1.807, 2.05) is 43.3 Å². The van der Waals surface area contributed by atoms with Gasteiger partial charge in [-0.1, -0.05) is 37.3 Å². The molecule has 144 valence electrons. The zero-order valence-electron chi connectivity index (χ0n) is 16.7. The average molecular weight is 374 g/mol. The van der Waals surface area contributed by atoms with Crippen LogP contribution in [-0.4, -0.2) is 24.0 Å². The molecule has 4 heteroatoms. The van der Waals surface area contributed by atoms with Crippen molar-refractivity contribution in [2.75, 3.05) is 23.3 Å². The maximum absolute atomic E-state index is 13.3. The molecule has 0 saturated carbocycles.